The molecule has 9 heteroatoms. The van der Waals surface area contributed by atoms with Crippen molar-refractivity contribution >= 4 is 13.8 Å². The predicted octanol–water partition coefficient (Wildman–Crippen LogP) is 14.7. The van der Waals surface area contributed by atoms with E-state index in [9.17, 15) is 14.3 Å². The number of phosphoric acid groups is 1. The van der Waals surface area contributed by atoms with Crippen LogP contribution in [0.25, 0.3) is 0 Å². The number of ether oxygens (including phenoxy) is 2. The average Bonchev–Trinajstić information content (AvgIpc) is 3.26. The molecule has 0 aliphatic heterocycles. The van der Waals surface area contributed by atoms with E-state index in [1.807, 2.05) is 12.2 Å². The second-order valence-electron chi connectivity index (χ2n) is 14.9. The lowest BCUT2D eigenvalue weighted by Crippen LogP contribution is -2.28. The molecule has 0 amide bonds. The first kappa shape index (κ1) is 58.6. The monoisotopic (exact) mass is 880 g/mol. The highest BCUT2D eigenvalue weighted by Crippen LogP contribution is 2.43. The fraction of sp³-hybridized carbons (Fsp3) is 0.566. The van der Waals surface area contributed by atoms with Crippen LogP contribution in [0.2, 0.25) is 0 Å². The number of nitrogens with two attached hydrogens (primary N) is 1. The van der Waals surface area contributed by atoms with Gasteiger partial charge in [-0.3, -0.25) is 13.8 Å². The topological polar surface area (TPSA) is 117 Å². The molecule has 0 saturated carbocycles. The molecule has 0 rings (SSSR count). The molecule has 0 saturated heterocycles. The molecule has 0 heterocycles. The quantitative estimate of drug-likeness (QED) is 0.0269. The van der Waals surface area contributed by atoms with Gasteiger partial charge in [0.25, 0.3) is 0 Å². The summed E-state index contributed by atoms with van der Waals surface area (Å²) in [7, 11) is -4.31. The molecule has 350 valence electrons. The molecule has 0 aliphatic rings. The number of unbranched alkanes of at least 4 members (excludes halogenated alkanes) is 8. The molecule has 0 fully saturated rings. The summed E-state index contributed by atoms with van der Waals surface area (Å²) in [6.07, 6.45) is 69.2. The molecule has 0 aromatic heterocycles. The van der Waals surface area contributed by atoms with E-state index in [0.29, 0.717) is 13.0 Å². The van der Waals surface area contributed by atoms with Crippen molar-refractivity contribution in [1.82, 2.24) is 0 Å². The van der Waals surface area contributed by atoms with Crippen LogP contribution in [0.5, 0.6) is 0 Å². The van der Waals surface area contributed by atoms with Gasteiger partial charge in [-0.05, 0) is 96.3 Å². The Kier molecular flexibility index (Phi) is 46.0. The zero-order chi connectivity index (χ0) is 45.1. The number of hydrogen-bond donors (Lipinski definition) is 2. The third-order valence-electron chi connectivity index (χ3n) is 9.08. The maximum atomic E-state index is 12.6. The molecule has 2 atom stereocenters. The first-order valence-electron chi connectivity index (χ1n) is 23.7. The van der Waals surface area contributed by atoms with Gasteiger partial charge in [0.1, 0.15) is 6.10 Å². The number of rotatable bonds is 43. The number of esters is 1. The summed E-state index contributed by atoms with van der Waals surface area (Å²) in [5, 5.41) is 0. The maximum Gasteiger partial charge on any atom is 0.472 e. The molecule has 0 radical (unpaired) electrons. The average molecular weight is 880 g/mol. The summed E-state index contributed by atoms with van der Waals surface area (Å²) in [6, 6.07) is 0. The lowest BCUT2D eigenvalue weighted by Gasteiger charge is -2.20. The van der Waals surface area contributed by atoms with Crippen molar-refractivity contribution in [2.45, 2.75) is 161 Å². The Hall–Kier alpha value is -3.36. The smallest absolute Gasteiger partial charge is 0.457 e. The highest BCUT2D eigenvalue weighted by Gasteiger charge is 2.25. The lowest BCUT2D eigenvalue weighted by molar-refractivity contribution is -0.154. The van der Waals surface area contributed by atoms with Gasteiger partial charge < -0.3 is 20.1 Å². The van der Waals surface area contributed by atoms with Gasteiger partial charge in [-0.25, -0.2) is 4.57 Å². The largest absolute Gasteiger partial charge is 0.472 e. The minimum Gasteiger partial charge on any atom is -0.457 e. The van der Waals surface area contributed by atoms with Gasteiger partial charge in [0.05, 0.1) is 19.8 Å². The van der Waals surface area contributed by atoms with Gasteiger partial charge in [0, 0.05) is 19.6 Å². The Morgan fingerprint density at radius 3 is 1.27 bits per heavy atom. The molecule has 0 aliphatic carbocycles. The van der Waals surface area contributed by atoms with Crippen molar-refractivity contribution in [3.63, 3.8) is 0 Å². The van der Waals surface area contributed by atoms with Gasteiger partial charge in [-0.1, -0.05) is 186 Å². The van der Waals surface area contributed by atoms with E-state index in [4.69, 9.17) is 24.3 Å². The summed E-state index contributed by atoms with van der Waals surface area (Å²) in [5.74, 6) is -0.421. The first-order chi connectivity index (χ1) is 30.4. The first-order valence-corrected chi connectivity index (χ1v) is 25.2. The second-order valence-corrected chi connectivity index (χ2v) is 16.3. The molecular formula is C53H86NO7P. The van der Waals surface area contributed by atoms with E-state index in [2.05, 4.69) is 135 Å². The third-order valence-corrected chi connectivity index (χ3v) is 10.1. The van der Waals surface area contributed by atoms with Crippen molar-refractivity contribution in [3.8, 4) is 0 Å². The van der Waals surface area contributed by atoms with Crippen molar-refractivity contribution in [1.29, 1.82) is 0 Å². The minimum absolute atomic E-state index is 0.0699. The van der Waals surface area contributed by atoms with Crippen LogP contribution in [-0.4, -0.2) is 49.9 Å². The van der Waals surface area contributed by atoms with Crippen molar-refractivity contribution in [2.75, 3.05) is 33.0 Å². The van der Waals surface area contributed by atoms with Crippen LogP contribution < -0.4 is 5.73 Å². The fourth-order valence-corrected chi connectivity index (χ4v) is 6.46. The number of carbonyl (C=O) groups is 1. The molecule has 3 N–H and O–H groups in total. The number of allylic oxidation sites excluding steroid dienone is 22. The van der Waals surface area contributed by atoms with Gasteiger partial charge in [0.15, 0.2) is 0 Å². The Bertz CT molecular complexity index is 1400. The second kappa shape index (κ2) is 48.7. The van der Waals surface area contributed by atoms with Crippen LogP contribution in [0, 0.1) is 0 Å². The van der Waals surface area contributed by atoms with Crippen LogP contribution in [0.1, 0.15) is 155 Å². The van der Waals surface area contributed by atoms with E-state index in [0.717, 1.165) is 96.3 Å². The van der Waals surface area contributed by atoms with E-state index in [-0.39, 0.29) is 32.8 Å². The van der Waals surface area contributed by atoms with Crippen LogP contribution in [0.4, 0.5) is 0 Å². The zero-order valence-corrected chi connectivity index (χ0v) is 39.7. The van der Waals surface area contributed by atoms with Crippen LogP contribution in [0.15, 0.2) is 134 Å². The number of carbonyl (C=O) groups excluding carboxylic acids is 1. The normalized spacial score (nSPS) is 14.6. The Labute approximate surface area is 378 Å². The summed E-state index contributed by atoms with van der Waals surface area (Å²) < 4.78 is 33.4. The molecule has 2 unspecified atom stereocenters. The van der Waals surface area contributed by atoms with Gasteiger partial charge in [-0.2, -0.15) is 0 Å². The van der Waals surface area contributed by atoms with E-state index in [1.54, 1.807) is 0 Å². The SMILES string of the molecule is CC/C=C\C/C=C\C/C=C\C/C=C\C/C=C\C/C=C\CCC(=O)OC(COCCCCCCCCCC/C=C\C/C=C\C/C=C\C/C=C\C/C=C\CC)COP(=O)(O)OCCN. The Morgan fingerprint density at radius 2 is 0.855 bits per heavy atom. The summed E-state index contributed by atoms with van der Waals surface area (Å²) in [4.78, 5) is 22.5. The van der Waals surface area contributed by atoms with Crippen LogP contribution >= 0.6 is 7.82 Å². The third kappa shape index (κ3) is 47.7. The summed E-state index contributed by atoms with van der Waals surface area (Å²) in [5.41, 5.74) is 5.37. The Morgan fingerprint density at radius 1 is 0.484 bits per heavy atom. The standard InChI is InChI=1S/C53H86NO7P/c1-3-5-7-9-11-13-15-17-19-21-23-24-25-26-27-29-31-33-35-37-39-41-43-45-48-58-50-52(51-60-62(56,57)59-49-47-54)61-53(55)46-44-42-40-38-36-34-32-30-28-22-20-18-16-14-12-10-8-6-4-2/h5-8,11-14,17-20,23-24,26-28,30,34,36,40,42,52H,3-4,9-10,15-16,21-22,25,29,31-33,35,37-39,41,43-51,54H2,1-2H3,(H,56,57)/b7-5-,8-6-,13-11-,14-12-,19-17-,20-18-,24-23-,27-26-,30-28-,36-34-,42-40-. The van der Waals surface area contributed by atoms with Crippen molar-refractivity contribution < 1.29 is 32.8 Å². The molecular weight excluding hydrogens is 794 g/mol. The van der Waals surface area contributed by atoms with Crippen molar-refractivity contribution in [2.24, 2.45) is 5.73 Å². The van der Waals surface area contributed by atoms with Crippen LogP contribution in [-0.2, 0) is 27.9 Å². The van der Waals surface area contributed by atoms with Crippen LogP contribution in [0.3, 0.4) is 0 Å². The predicted molar refractivity (Wildman–Crippen MR) is 265 cm³/mol. The van der Waals surface area contributed by atoms with E-state index >= 15 is 0 Å². The molecule has 8 nitrogen and oxygen atoms in total. The van der Waals surface area contributed by atoms with Gasteiger partial charge in [-0.15, -0.1) is 0 Å². The summed E-state index contributed by atoms with van der Waals surface area (Å²) >= 11 is 0. The fourth-order valence-electron chi connectivity index (χ4n) is 5.69. The highest BCUT2D eigenvalue weighted by molar-refractivity contribution is 7.47. The highest BCUT2D eigenvalue weighted by atomic mass is 31.2. The molecule has 62 heavy (non-hydrogen) atoms. The lowest BCUT2D eigenvalue weighted by atomic mass is 10.1. The molecule has 0 bridgehead atoms. The van der Waals surface area contributed by atoms with E-state index < -0.39 is 19.9 Å². The maximum absolute atomic E-state index is 12.6. The minimum atomic E-state index is -4.31. The number of phosphoric ester groups is 1. The Balaban J connectivity index is 4.15. The molecule has 0 spiro atoms. The molecule has 0 aromatic rings. The van der Waals surface area contributed by atoms with Gasteiger partial charge >= 0.3 is 13.8 Å². The van der Waals surface area contributed by atoms with E-state index in [1.165, 1.54) is 32.1 Å². The zero-order valence-electron chi connectivity index (χ0n) is 38.8. The summed E-state index contributed by atoms with van der Waals surface area (Å²) in [6.45, 7) is 4.53. The number of hydrogen-bond acceptors (Lipinski definition) is 7. The van der Waals surface area contributed by atoms with Crippen molar-refractivity contribution in [3.05, 3.63) is 134 Å². The van der Waals surface area contributed by atoms with Gasteiger partial charge in [0.2, 0.25) is 0 Å². The molecule has 0 aromatic carbocycles.